The largest absolute Gasteiger partial charge is 0.392 e. The maximum absolute atomic E-state index is 8.92. The molecule has 0 radical (unpaired) electrons. The Bertz CT molecular complexity index is 266. The first-order valence-corrected chi connectivity index (χ1v) is 5.15. The second-order valence-corrected chi connectivity index (χ2v) is 3.70. The van der Waals surface area contributed by atoms with Crippen molar-refractivity contribution < 1.29 is 5.11 Å². The molecule has 0 aromatic heterocycles. The second-order valence-electron chi connectivity index (χ2n) is 3.70. The van der Waals surface area contributed by atoms with Crippen molar-refractivity contribution in [2.24, 2.45) is 0 Å². The van der Waals surface area contributed by atoms with Crippen LogP contribution < -0.4 is 4.90 Å². The minimum absolute atomic E-state index is 0.119. The molecule has 1 N–H and O–H groups in total. The molecule has 1 aromatic carbocycles. The summed E-state index contributed by atoms with van der Waals surface area (Å²) in [5, 5.41) is 8.92. The smallest absolute Gasteiger partial charge is 0.0681 e. The molecule has 1 rings (SSSR count). The summed E-state index contributed by atoms with van der Waals surface area (Å²) in [5.41, 5.74) is 2.19. The van der Waals surface area contributed by atoms with Crippen molar-refractivity contribution in [2.75, 3.05) is 11.4 Å². The highest BCUT2D eigenvalue weighted by molar-refractivity contribution is 5.48. The highest BCUT2D eigenvalue weighted by Crippen LogP contribution is 2.17. The average molecular weight is 193 g/mol. The fourth-order valence-electron chi connectivity index (χ4n) is 1.64. The normalized spacial score (nSPS) is 10.6. The van der Waals surface area contributed by atoms with Crippen LogP contribution in [0.4, 0.5) is 5.69 Å². The van der Waals surface area contributed by atoms with Gasteiger partial charge >= 0.3 is 0 Å². The molecule has 0 amide bonds. The number of rotatable bonds is 4. The van der Waals surface area contributed by atoms with Crippen LogP contribution in [0.3, 0.4) is 0 Å². The van der Waals surface area contributed by atoms with Gasteiger partial charge in [0.15, 0.2) is 0 Å². The number of benzene rings is 1. The number of hydrogen-bond acceptors (Lipinski definition) is 2. The molecule has 0 spiro atoms. The quantitative estimate of drug-likeness (QED) is 0.793. The summed E-state index contributed by atoms with van der Waals surface area (Å²) < 4.78 is 0. The Morgan fingerprint density at radius 2 is 1.79 bits per heavy atom. The summed E-state index contributed by atoms with van der Waals surface area (Å²) in [5.74, 6) is 0. The highest BCUT2D eigenvalue weighted by atomic mass is 16.3. The minimum Gasteiger partial charge on any atom is -0.392 e. The van der Waals surface area contributed by atoms with E-state index < -0.39 is 0 Å². The summed E-state index contributed by atoms with van der Waals surface area (Å²) in [6.45, 7) is 7.65. The second kappa shape index (κ2) is 5.01. The van der Waals surface area contributed by atoms with E-state index in [4.69, 9.17) is 5.11 Å². The lowest BCUT2D eigenvalue weighted by atomic mass is 10.2. The minimum atomic E-state index is 0.119. The molecule has 1 aromatic rings. The van der Waals surface area contributed by atoms with E-state index >= 15 is 0 Å². The zero-order valence-electron chi connectivity index (χ0n) is 9.20. The van der Waals surface area contributed by atoms with Gasteiger partial charge in [0.2, 0.25) is 0 Å². The van der Waals surface area contributed by atoms with Crippen molar-refractivity contribution in [3.63, 3.8) is 0 Å². The molecule has 0 atom stereocenters. The third kappa shape index (κ3) is 2.48. The van der Waals surface area contributed by atoms with Crippen molar-refractivity contribution in [1.82, 2.24) is 0 Å². The molecular weight excluding hydrogens is 174 g/mol. The fraction of sp³-hybridized carbons (Fsp3) is 0.500. The first-order chi connectivity index (χ1) is 6.69. The molecular formula is C12H19NO. The zero-order chi connectivity index (χ0) is 10.6. The summed E-state index contributed by atoms with van der Waals surface area (Å²) in [6, 6.07) is 8.59. The van der Waals surface area contributed by atoms with E-state index in [2.05, 4.69) is 37.8 Å². The van der Waals surface area contributed by atoms with Crippen LogP contribution in [0, 0.1) is 0 Å². The van der Waals surface area contributed by atoms with Crippen LogP contribution in [0.1, 0.15) is 26.3 Å². The molecule has 0 aliphatic rings. The molecule has 0 bridgehead atoms. The van der Waals surface area contributed by atoms with Crippen molar-refractivity contribution in [3.8, 4) is 0 Å². The Kier molecular flexibility index (Phi) is 3.96. The Balaban J connectivity index is 2.84. The number of nitrogens with zero attached hydrogens (tertiary/aromatic N) is 1. The van der Waals surface area contributed by atoms with Gasteiger partial charge in [-0.25, -0.2) is 0 Å². The van der Waals surface area contributed by atoms with Crippen LogP contribution in [0.2, 0.25) is 0 Å². The first-order valence-electron chi connectivity index (χ1n) is 5.15. The molecule has 14 heavy (non-hydrogen) atoms. The lowest BCUT2D eigenvalue weighted by Gasteiger charge is -2.27. The predicted octanol–water partition coefficient (Wildman–Crippen LogP) is 2.41. The molecule has 0 unspecified atom stereocenters. The zero-order valence-corrected chi connectivity index (χ0v) is 9.20. The molecule has 0 aliphatic heterocycles. The SMILES string of the molecule is CCN(c1ccc(CO)cc1)C(C)C. The molecule has 2 nitrogen and oxygen atoms in total. The Hall–Kier alpha value is -1.02. The van der Waals surface area contributed by atoms with E-state index in [1.165, 1.54) is 5.69 Å². The molecule has 2 heteroatoms. The average Bonchev–Trinajstić information content (AvgIpc) is 2.19. The third-order valence-corrected chi connectivity index (χ3v) is 2.41. The van der Waals surface area contributed by atoms with Crippen molar-refractivity contribution >= 4 is 5.69 Å². The van der Waals surface area contributed by atoms with E-state index in [9.17, 15) is 0 Å². The van der Waals surface area contributed by atoms with Gasteiger partial charge in [-0.1, -0.05) is 12.1 Å². The molecule has 0 saturated carbocycles. The van der Waals surface area contributed by atoms with Crippen LogP contribution in [0.5, 0.6) is 0 Å². The van der Waals surface area contributed by atoms with E-state index in [0.717, 1.165) is 12.1 Å². The fourth-order valence-corrected chi connectivity index (χ4v) is 1.64. The Morgan fingerprint density at radius 3 is 2.14 bits per heavy atom. The number of hydrogen-bond donors (Lipinski definition) is 1. The van der Waals surface area contributed by atoms with Gasteiger partial charge in [0.05, 0.1) is 6.61 Å². The van der Waals surface area contributed by atoms with Crippen LogP contribution in [0.25, 0.3) is 0 Å². The molecule has 78 valence electrons. The van der Waals surface area contributed by atoms with Gasteiger partial charge in [0, 0.05) is 18.3 Å². The Morgan fingerprint density at radius 1 is 1.21 bits per heavy atom. The van der Waals surface area contributed by atoms with Crippen molar-refractivity contribution in [3.05, 3.63) is 29.8 Å². The molecule has 0 fully saturated rings. The maximum atomic E-state index is 8.92. The topological polar surface area (TPSA) is 23.5 Å². The number of aliphatic hydroxyl groups is 1. The van der Waals surface area contributed by atoms with Gasteiger partial charge < -0.3 is 10.0 Å². The van der Waals surface area contributed by atoms with Crippen LogP contribution in [-0.4, -0.2) is 17.7 Å². The summed E-state index contributed by atoms with van der Waals surface area (Å²) in [6.07, 6.45) is 0. The molecule has 0 aliphatic carbocycles. The monoisotopic (exact) mass is 193 g/mol. The van der Waals surface area contributed by atoms with Gasteiger partial charge in [-0.3, -0.25) is 0 Å². The van der Waals surface area contributed by atoms with Gasteiger partial charge in [-0.2, -0.15) is 0 Å². The number of anilines is 1. The van der Waals surface area contributed by atoms with E-state index in [1.807, 2.05) is 12.1 Å². The molecule has 0 saturated heterocycles. The summed E-state index contributed by atoms with van der Waals surface area (Å²) in [4.78, 5) is 2.32. The summed E-state index contributed by atoms with van der Waals surface area (Å²) >= 11 is 0. The number of aliphatic hydroxyl groups excluding tert-OH is 1. The van der Waals surface area contributed by atoms with Crippen LogP contribution >= 0.6 is 0 Å². The first kappa shape index (κ1) is 11.1. The van der Waals surface area contributed by atoms with Crippen LogP contribution in [-0.2, 0) is 6.61 Å². The van der Waals surface area contributed by atoms with Gasteiger partial charge in [-0.15, -0.1) is 0 Å². The van der Waals surface area contributed by atoms with E-state index in [-0.39, 0.29) is 6.61 Å². The van der Waals surface area contributed by atoms with E-state index in [0.29, 0.717) is 6.04 Å². The highest BCUT2D eigenvalue weighted by Gasteiger charge is 2.07. The van der Waals surface area contributed by atoms with Crippen LogP contribution in [0.15, 0.2) is 24.3 Å². The standard InChI is InChI=1S/C12H19NO/c1-4-13(10(2)3)12-7-5-11(9-14)6-8-12/h5-8,10,14H,4,9H2,1-3H3. The summed E-state index contributed by atoms with van der Waals surface area (Å²) in [7, 11) is 0. The predicted molar refractivity (Wildman–Crippen MR) is 60.5 cm³/mol. The third-order valence-electron chi connectivity index (χ3n) is 2.41. The lowest BCUT2D eigenvalue weighted by Crippen LogP contribution is -2.30. The van der Waals surface area contributed by atoms with Gasteiger partial charge in [-0.05, 0) is 38.5 Å². The van der Waals surface area contributed by atoms with Gasteiger partial charge in [0.1, 0.15) is 0 Å². The van der Waals surface area contributed by atoms with Crippen molar-refractivity contribution in [1.29, 1.82) is 0 Å². The molecule has 0 heterocycles. The maximum Gasteiger partial charge on any atom is 0.0681 e. The van der Waals surface area contributed by atoms with Gasteiger partial charge in [0.25, 0.3) is 0 Å². The van der Waals surface area contributed by atoms with E-state index in [1.54, 1.807) is 0 Å². The lowest BCUT2D eigenvalue weighted by molar-refractivity contribution is 0.282. The Labute approximate surface area is 86.2 Å². The van der Waals surface area contributed by atoms with Crippen molar-refractivity contribution in [2.45, 2.75) is 33.4 Å².